The number of nitrogens with zero attached hydrogens (tertiary/aromatic N) is 1. The van der Waals surface area contributed by atoms with Crippen LogP contribution in [0.25, 0.3) is 0 Å². The van der Waals surface area contributed by atoms with Gasteiger partial charge in [-0.3, -0.25) is 4.79 Å². The SMILES string of the molecule is Cc1c(N)cc(Br)cc1C(=O)N1CCCC(CO)C1. The molecule has 1 aromatic carbocycles. The molecule has 1 aromatic rings. The van der Waals surface area contributed by atoms with Crippen LogP contribution in [-0.4, -0.2) is 35.6 Å². The average molecular weight is 327 g/mol. The Balaban J connectivity index is 2.24. The van der Waals surface area contributed by atoms with Crippen molar-refractivity contribution in [3.05, 3.63) is 27.7 Å². The number of benzene rings is 1. The molecule has 1 unspecified atom stereocenters. The van der Waals surface area contributed by atoms with Gasteiger partial charge in [0.25, 0.3) is 5.91 Å². The van der Waals surface area contributed by atoms with Crippen LogP contribution in [0.2, 0.25) is 0 Å². The number of nitrogens with two attached hydrogens (primary N) is 1. The van der Waals surface area contributed by atoms with Crippen molar-refractivity contribution in [1.82, 2.24) is 4.90 Å². The normalized spacial score (nSPS) is 19.5. The summed E-state index contributed by atoms with van der Waals surface area (Å²) in [5.41, 5.74) is 7.98. The molecule has 1 aliphatic heterocycles. The van der Waals surface area contributed by atoms with Crippen LogP contribution in [0.4, 0.5) is 5.69 Å². The van der Waals surface area contributed by atoms with Gasteiger partial charge in [0.05, 0.1) is 0 Å². The van der Waals surface area contributed by atoms with Crippen molar-refractivity contribution in [1.29, 1.82) is 0 Å². The maximum absolute atomic E-state index is 12.6. The minimum absolute atomic E-state index is 0.00338. The zero-order valence-electron chi connectivity index (χ0n) is 11.0. The van der Waals surface area contributed by atoms with Gasteiger partial charge in [-0.1, -0.05) is 15.9 Å². The molecule has 4 nitrogen and oxygen atoms in total. The molecule has 0 spiro atoms. The molecule has 19 heavy (non-hydrogen) atoms. The first-order valence-corrected chi connectivity index (χ1v) is 7.28. The zero-order valence-corrected chi connectivity index (χ0v) is 12.6. The van der Waals surface area contributed by atoms with E-state index in [-0.39, 0.29) is 18.4 Å². The molecule has 1 aliphatic rings. The van der Waals surface area contributed by atoms with E-state index in [0.717, 1.165) is 29.4 Å². The van der Waals surface area contributed by atoms with Crippen molar-refractivity contribution in [2.45, 2.75) is 19.8 Å². The Morgan fingerprint density at radius 3 is 3.00 bits per heavy atom. The summed E-state index contributed by atoms with van der Waals surface area (Å²) in [6.45, 7) is 3.38. The largest absolute Gasteiger partial charge is 0.398 e. The number of halogens is 1. The molecular weight excluding hydrogens is 308 g/mol. The molecule has 1 heterocycles. The Morgan fingerprint density at radius 1 is 1.58 bits per heavy atom. The van der Waals surface area contributed by atoms with Gasteiger partial charge in [0.2, 0.25) is 0 Å². The van der Waals surface area contributed by atoms with E-state index in [1.807, 2.05) is 17.9 Å². The van der Waals surface area contributed by atoms with E-state index in [0.29, 0.717) is 17.8 Å². The monoisotopic (exact) mass is 326 g/mol. The van der Waals surface area contributed by atoms with Gasteiger partial charge in [0.1, 0.15) is 0 Å². The Kier molecular flexibility index (Phi) is 4.47. The Hall–Kier alpha value is -1.07. The summed E-state index contributed by atoms with van der Waals surface area (Å²) < 4.78 is 0.815. The summed E-state index contributed by atoms with van der Waals surface area (Å²) in [6.07, 6.45) is 1.93. The first-order valence-electron chi connectivity index (χ1n) is 6.48. The van der Waals surface area contributed by atoms with Crippen molar-refractivity contribution in [3.63, 3.8) is 0 Å². The summed E-state index contributed by atoms with van der Waals surface area (Å²) in [6, 6.07) is 3.62. The molecule has 0 saturated carbocycles. The number of aliphatic hydroxyl groups is 1. The van der Waals surface area contributed by atoms with Gasteiger partial charge in [-0.05, 0) is 43.4 Å². The van der Waals surface area contributed by atoms with E-state index in [4.69, 9.17) is 5.73 Å². The van der Waals surface area contributed by atoms with E-state index < -0.39 is 0 Å². The second-order valence-electron chi connectivity index (χ2n) is 5.11. The molecular formula is C14H19BrN2O2. The van der Waals surface area contributed by atoms with E-state index >= 15 is 0 Å². The van der Waals surface area contributed by atoms with Gasteiger partial charge < -0.3 is 15.7 Å². The van der Waals surface area contributed by atoms with Crippen molar-refractivity contribution in [3.8, 4) is 0 Å². The van der Waals surface area contributed by atoms with Gasteiger partial charge in [0.15, 0.2) is 0 Å². The number of carbonyl (C=O) groups excluding carboxylic acids is 1. The summed E-state index contributed by atoms with van der Waals surface area (Å²) in [7, 11) is 0. The lowest BCUT2D eigenvalue weighted by Crippen LogP contribution is -2.41. The molecule has 0 radical (unpaired) electrons. The van der Waals surface area contributed by atoms with Gasteiger partial charge in [-0.2, -0.15) is 0 Å². The molecule has 3 N–H and O–H groups in total. The van der Waals surface area contributed by atoms with Gasteiger partial charge in [-0.25, -0.2) is 0 Å². The Labute approximate surface area is 121 Å². The summed E-state index contributed by atoms with van der Waals surface area (Å²) in [5.74, 6) is 0.200. The predicted molar refractivity (Wildman–Crippen MR) is 79.0 cm³/mol. The predicted octanol–water partition coefficient (Wildman–Crippen LogP) is 2.18. The molecule has 1 amide bonds. The summed E-state index contributed by atoms with van der Waals surface area (Å²) in [5, 5.41) is 9.24. The lowest BCUT2D eigenvalue weighted by molar-refractivity contribution is 0.0620. The number of aliphatic hydroxyl groups excluding tert-OH is 1. The number of likely N-dealkylation sites (tertiary alicyclic amines) is 1. The van der Waals surface area contributed by atoms with Crippen LogP contribution in [0.1, 0.15) is 28.8 Å². The molecule has 5 heteroatoms. The zero-order chi connectivity index (χ0) is 14.0. The number of carbonyl (C=O) groups is 1. The lowest BCUT2D eigenvalue weighted by Gasteiger charge is -2.32. The smallest absolute Gasteiger partial charge is 0.254 e. The Bertz CT molecular complexity index is 491. The van der Waals surface area contributed by atoms with Gasteiger partial charge in [0, 0.05) is 35.4 Å². The highest BCUT2D eigenvalue weighted by molar-refractivity contribution is 9.10. The number of nitrogen functional groups attached to an aromatic ring is 1. The number of rotatable bonds is 2. The number of piperidine rings is 1. The molecule has 1 fully saturated rings. The van der Waals surface area contributed by atoms with Crippen molar-refractivity contribution in [2.75, 3.05) is 25.4 Å². The minimum Gasteiger partial charge on any atom is -0.398 e. The number of hydrogen-bond donors (Lipinski definition) is 2. The van der Waals surface area contributed by atoms with Crippen LogP contribution in [0.3, 0.4) is 0 Å². The van der Waals surface area contributed by atoms with Crippen LogP contribution in [0, 0.1) is 12.8 Å². The van der Waals surface area contributed by atoms with Crippen LogP contribution in [0.15, 0.2) is 16.6 Å². The van der Waals surface area contributed by atoms with Crippen LogP contribution >= 0.6 is 15.9 Å². The summed E-state index contributed by atoms with van der Waals surface area (Å²) >= 11 is 3.37. The second kappa shape index (κ2) is 5.92. The highest BCUT2D eigenvalue weighted by Crippen LogP contribution is 2.25. The average Bonchev–Trinajstić information content (AvgIpc) is 2.42. The first-order chi connectivity index (χ1) is 9.02. The maximum Gasteiger partial charge on any atom is 0.254 e. The standard InChI is InChI=1S/C14H19BrN2O2/c1-9-12(5-11(15)6-13(9)16)14(19)17-4-2-3-10(7-17)8-18/h5-6,10,18H,2-4,7-8,16H2,1H3. The number of hydrogen-bond acceptors (Lipinski definition) is 3. The van der Waals surface area contributed by atoms with Crippen molar-refractivity contribution >= 4 is 27.5 Å². The highest BCUT2D eigenvalue weighted by Gasteiger charge is 2.25. The number of anilines is 1. The van der Waals surface area contributed by atoms with Crippen LogP contribution in [0.5, 0.6) is 0 Å². The first kappa shape index (κ1) is 14.3. The van der Waals surface area contributed by atoms with Gasteiger partial charge >= 0.3 is 0 Å². The fourth-order valence-electron chi connectivity index (χ4n) is 2.49. The fraction of sp³-hybridized carbons (Fsp3) is 0.500. The molecule has 104 valence electrons. The highest BCUT2D eigenvalue weighted by atomic mass is 79.9. The molecule has 0 aliphatic carbocycles. The van der Waals surface area contributed by atoms with Crippen LogP contribution < -0.4 is 5.73 Å². The van der Waals surface area contributed by atoms with E-state index in [9.17, 15) is 9.90 Å². The van der Waals surface area contributed by atoms with E-state index in [1.54, 1.807) is 6.07 Å². The molecule has 0 bridgehead atoms. The quantitative estimate of drug-likeness (QED) is 0.818. The Morgan fingerprint density at radius 2 is 2.32 bits per heavy atom. The second-order valence-corrected chi connectivity index (χ2v) is 6.03. The topological polar surface area (TPSA) is 66.6 Å². The lowest BCUT2D eigenvalue weighted by atomic mass is 9.97. The van der Waals surface area contributed by atoms with E-state index in [2.05, 4.69) is 15.9 Å². The molecule has 2 rings (SSSR count). The molecule has 1 saturated heterocycles. The molecule has 1 atom stereocenters. The maximum atomic E-state index is 12.6. The van der Waals surface area contributed by atoms with Gasteiger partial charge in [-0.15, -0.1) is 0 Å². The van der Waals surface area contributed by atoms with E-state index in [1.165, 1.54) is 0 Å². The minimum atomic E-state index is 0.00338. The van der Waals surface area contributed by atoms with Crippen LogP contribution in [-0.2, 0) is 0 Å². The third kappa shape index (κ3) is 3.09. The van der Waals surface area contributed by atoms with Crippen molar-refractivity contribution < 1.29 is 9.90 Å². The molecule has 0 aromatic heterocycles. The van der Waals surface area contributed by atoms with Crippen molar-refractivity contribution in [2.24, 2.45) is 5.92 Å². The third-order valence-corrected chi connectivity index (χ3v) is 4.17. The summed E-state index contributed by atoms with van der Waals surface area (Å²) in [4.78, 5) is 14.4. The fourth-order valence-corrected chi connectivity index (χ4v) is 2.97. The third-order valence-electron chi connectivity index (χ3n) is 3.71. The number of amides is 1.